The summed E-state index contributed by atoms with van der Waals surface area (Å²) in [5.74, 6) is 1.23. The van der Waals surface area contributed by atoms with E-state index >= 15 is 0 Å². The Morgan fingerprint density at radius 2 is 2.14 bits per heavy atom. The number of nitrogens with zero attached hydrogens (tertiary/aromatic N) is 2. The second kappa shape index (κ2) is 5.76. The number of imidazole rings is 1. The minimum atomic E-state index is -3.22. The quantitative estimate of drug-likeness (QED) is 0.940. The van der Waals surface area contributed by atoms with E-state index < -0.39 is 9.84 Å². The lowest BCUT2D eigenvalue weighted by molar-refractivity contribution is 0.476. The van der Waals surface area contributed by atoms with Crippen molar-refractivity contribution in [1.82, 2.24) is 9.55 Å². The summed E-state index contributed by atoms with van der Waals surface area (Å²) >= 11 is 0. The Labute approximate surface area is 131 Å². The van der Waals surface area contributed by atoms with Crippen LogP contribution in [0.1, 0.15) is 24.9 Å². The molecule has 118 valence electrons. The van der Waals surface area contributed by atoms with E-state index in [1.807, 2.05) is 19.1 Å². The molecule has 0 bridgehead atoms. The average Bonchev–Trinajstić information content (AvgIpc) is 2.87. The van der Waals surface area contributed by atoms with Gasteiger partial charge in [0, 0.05) is 25.2 Å². The van der Waals surface area contributed by atoms with E-state index in [2.05, 4.69) is 21.1 Å². The lowest BCUT2D eigenvalue weighted by Gasteiger charge is -2.26. The highest BCUT2D eigenvalue weighted by Gasteiger charge is 2.22. The summed E-state index contributed by atoms with van der Waals surface area (Å²) in [6.07, 6.45) is 3.92. The second-order valence-electron chi connectivity index (χ2n) is 5.73. The van der Waals surface area contributed by atoms with Gasteiger partial charge in [-0.15, -0.1) is 0 Å². The molecule has 1 aliphatic rings. The minimum absolute atomic E-state index is 0.112. The van der Waals surface area contributed by atoms with Gasteiger partial charge in [0.1, 0.15) is 5.82 Å². The van der Waals surface area contributed by atoms with Gasteiger partial charge in [-0.05, 0) is 25.5 Å². The number of hydrogen-bond acceptors (Lipinski definition) is 4. The van der Waals surface area contributed by atoms with Crippen molar-refractivity contribution < 1.29 is 8.42 Å². The first-order valence-corrected chi connectivity index (χ1v) is 9.26. The van der Waals surface area contributed by atoms with Crippen LogP contribution in [0.2, 0.25) is 0 Å². The van der Waals surface area contributed by atoms with E-state index in [9.17, 15) is 8.42 Å². The van der Waals surface area contributed by atoms with Gasteiger partial charge in [0.15, 0.2) is 9.84 Å². The maximum Gasteiger partial charge on any atom is 0.180 e. The fourth-order valence-electron chi connectivity index (χ4n) is 2.94. The third-order valence-electron chi connectivity index (χ3n) is 4.07. The SMILES string of the molecule is CCS(=O)(=O)c1ccccc1N[C@@H]1CCc2nc(C)cn2C1. The number of para-hydroxylation sites is 1. The zero-order valence-electron chi connectivity index (χ0n) is 12.9. The number of anilines is 1. The van der Waals surface area contributed by atoms with Crippen LogP contribution in [0.3, 0.4) is 0 Å². The highest BCUT2D eigenvalue weighted by atomic mass is 32.2. The molecule has 0 saturated heterocycles. The molecule has 3 rings (SSSR count). The molecule has 2 heterocycles. The predicted octanol–water partition coefficient (Wildman–Crippen LogP) is 2.41. The van der Waals surface area contributed by atoms with Crippen molar-refractivity contribution in [2.45, 2.75) is 44.2 Å². The van der Waals surface area contributed by atoms with Crippen molar-refractivity contribution >= 4 is 15.5 Å². The first-order valence-electron chi connectivity index (χ1n) is 7.60. The van der Waals surface area contributed by atoms with Crippen LogP contribution < -0.4 is 5.32 Å². The van der Waals surface area contributed by atoms with Crippen molar-refractivity contribution in [1.29, 1.82) is 0 Å². The van der Waals surface area contributed by atoms with E-state index in [1.165, 1.54) is 0 Å². The van der Waals surface area contributed by atoms with E-state index in [0.717, 1.165) is 30.9 Å². The Balaban J connectivity index is 1.83. The smallest absolute Gasteiger partial charge is 0.180 e. The van der Waals surface area contributed by atoms with E-state index in [0.29, 0.717) is 10.6 Å². The first kappa shape index (κ1) is 15.1. The normalized spacial score (nSPS) is 18.0. The zero-order valence-corrected chi connectivity index (χ0v) is 13.7. The molecule has 22 heavy (non-hydrogen) atoms. The van der Waals surface area contributed by atoms with Crippen molar-refractivity contribution in [2.24, 2.45) is 0 Å². The molecule has 6 heteroatoms. The molecule has 1 N–H and O–H groups in total. The molecule has 1 atom stereocenters. The predicted molar refractivity (Wildman–Crippen MR) is 86.9 cm³/mol. The standard InChI is InChI=1S/C16H21N3O2S/c1-3-22(20,21)15-7-5-4-6-14(15)18-13-8-9-16-17-12(2)10-19(16)11-13/h4-7,10,13,18H,3,8-9,11H2,1-2H3/t13-/m1/s1. The van der Waals surface area contributed by atoms with Crippen molar-refractivity contribution in [3.63, 3.8) is 0 Å². The largest absolute Gasteiger partial charge is 0.379 e. The molecule has 0 unspecified atom stereocenters. The van der Waals surface area contributed by atoms with Gasteiger partial charge >= 0.3 is 0 Å². The number of nitrogens with one attached hydrogen (secondary N) is 1. The summed E-state index contributed by atoms with van der Waals surface area (Å²) in [4.78, 5) is 4.90. The van der Waals surface area contributed by atoms with Gasteiger partial charge in [-0.2, -0.15) is 0 Å². The van der Waals surface area contributed by atoms with E-state index in [1.54, 1.807) is 19.1 Å². The number of aromatic nitrogens is 2. The number of benzene rings is 1. The van der Waals surface area contributed by atoms with Gasteiger partial charge in [-0.3, -0.25) is 0 Å². The Morgan fingerprint density at radius 3 is 2.91 bits per heavy atom. The molecule has 0 spiro atoms. The van der Waals surface area contributed by atoms with Gasteiger partial charge < -0.3 is 9.88 Å². The lowest BCUT2D eigenvalue weighted by atomic mass is 10.1. The van der Waals surface area contributed by atoms with Crippen LogP contribution in [0.15, 0.2) is 35.4 Å². The fourth-order valence-corrected chi connectivity index (χ4v) is 4.00. The molecule has 1 aliphatic heterocycles. The topological polar surface area (TPSA) is 64.0 Å². The summed E-state index contributed by atoms with van der Waals surface area (Å²) in [5.41, 5.74) is 1.74. The molecule has 0 aliphatic carbocycles. The van der Waals surface area contributed by atoms with Gasteiger partial charge in [0.2, 0.25) is 0 Å². The number of rotatable bonds is 4. The van der Waals surface area contributed by atoms with Crippen LogP contribution in [-0.2, 0) is 22.8 Å². The van der Waals surface area contributed by atoms with E-state index in [4.69, 9.17) is 0 Å². The van der Waals surface area contributed by atoms with Crippen molar-refractivity contribution in [3.8, 4) is 0 Å². The molecule has 1 aromatic carbocycles. The Hall–Kier alpha value is -1.82. The summed E-state index contributed by atoms with van der Waals surface area (Å²) in [7, 11) is -3.22. The molecular weight excluding hydrogens is 298 g/mol. The van der Waals surface area contributed by atoms with Crippen molar-refractivity contribution in [2.75, 3.05) is 11.1 Å². The third kappa shape index (κ3) is 2.88. The van der Waals surface area contributed by atoms with Crippen LogP contribution in [0.25, 0.3) is 0 Å². The Bertz CT molecular complexity index is 780. The van der Waals surface area contributed by atoms with Crippen LogP contribution in [0, 0.1) is 6.92 Å². The van der Waals surface area contributed by atoms with Crippen LogP contribution in [-0.4, -0.2) is 29.8 Å². The molecule has 1 aromatic heterocycles. The van der Waals surface area contributed by atoms with E-state index in [-0.39, 0.29) is 11.8 Å². The molecule has 0 radical (unpaired) electrons. The number of aryl methyl sites for hydroxylation is 2. The van der Waals surface area contributed by atoms with Gasteiger partial charge in [-0.25, -0.2) is 13.4 Å². The summed E-state index contributed by atoms with van der Waals surface area (Å²) in [6.45, 7) is 4.49. The molecular formula is C16H21N3O2S. The third-order valence-corrected chi connectivity index (χ3v) is 5.86. The molecule has 0 amide bonds. The number of fused-ring (bicyclic) bond motifs is 1. The number of hydrogen-bond donors (Lipinski definition) is 1. The van der Waals surface area contributed by atoms with Crippen LogP contribution >= 0.6 is 0 Å². The maximum absolute atomic E-state index is 12.2. The first-order chi connectivity index (χ1) is 10.5. The Kier molecular flexibility index (Phi) is 3.95. The van der Waals surface area contributed by atoms with Crippen LogP contribution in [0.5, 0.6) is 0 Å². The van der Waals surface area contributed by atoms with Gasteiger partial charge in [-0.1, -0.05) is 19.1 Å². The zero-order chi connectivity index (χ0) is 15.7. The molecule has 0 saturated carbocycles. The monoisotopic (exact) mass is 319 g/mol. The minimum Gasteiger partial charge on any atom is -0.379 e. The summed E-state index contributed by atoms with van der Waals surface area (Å²) in [5, 5.41) is 3.41. The second-order valence-corrected chi connectivity index (χ2v) is 7.98. The summed E-state index contributed by atoms with van der Waals surface area (Å²) < 4.78 is 26.6. The van der Waals surface area contributed by atoms with Crippen molar-refractivity contribution in [3.05, 3.63) is 42.0 Å². The highest BCUT2D eigenvalue weighted by molar-refractivity contribution is 7.91. The highest BCUT2D eigenvalue weighted by Crippen LogP contribution is 2.25. The number of sulfone groups is 1. The summed E-state index contributed by atoms with van der Waals surface area (Å²) in [6, 6.07) is 7.38. The van der Waals surface area contributed by atoms with Gasteiger partial charge in [0.05, 0.1) is 22.0 Å². The molecule has 5 nitrogen and oxygen atoms in total. The molecule has 0 fully saturated rings. The fraction of sp³-hybridized carbons (Fsp3) is 0.438. The molecule has 2 aromatic rings. The average molecular weight is 319 g/mol. The maximum atomic E-state index is 12.2. The lowest BCUT2D eigenvalue weighted by Crippen LogP contribution is -2.31. The Morgan fingerprint density at radius 1 is 1.36 bits per heavy atom. The van der Waals surface area contributed by atoms with Crippen LogP contribution in [0.4, 0.5) is 5.69 Å². The van der Waals surface area contributed by atoms with Gasteiger partial charge in [0.25, 0.3) is 0 Å².